The average Bonchev–Trinajstić information content (AvgIpc) is 3.37. The first-order valence-corrected chi connectivity index (χ1v) is 11.7. The number of rotatable bonds is 5. The summed E-state index contributed by atoms with van der Waals surface area (Å²) in [7, 11) is 2.91. The van der Waals surface area contributed by atoms with E-state index in [4.69, 9.17) is 19.3 Å². The van der Waals surface area contributed by atoms with Gasteiger partial charge in [0.1, 0.15) is 11.3 Å². The maximum Gasteiger partial charge on any atom is 0.340 e. The molecule has 0 saturated heterocycles. The zero-order chi connectivity index (χ0) is 24.8. The number of benzene rings is 4. The van der Waals surface area contributed by atoms with Crippen molar-refractivity contribution in [3.63, 3.8) is 0 Å². The predicted molar refractivity (Wildman–Crippen MR) is 136 cm³/mol. The molecule has 0 fully saturated rings. The second kappa shape index (κ2) is 8.61. The van der Waals surface area contributed by atoms with Gasteiger partial charge in [-0.1, -0.05) is 54.6 Å². The van der Waals surface area contributed by atoms with Crippen LogP contribution >= 0.6 is 0 Å². The number of methoxy groups -OCH3 is 2. The van der Waals surface area contributed by atoms with Crippen molar-refractivity contribution in [3.05, 3.63) is 101 Å². The fraction of sp³-hybridized carbons (Fsp3) is 0.172. The van der Waals surface area contributed by atoms with Crippen LogP contribution in [0.2, 0.25) is 0 Å². The normalized spacial score (nSPS) is 18.2. The Morgan fingerprint density at radius 3 is 2.50 bits per heavy atom. The van der Waals surface area contributed by atoms with Gasteiger partial charge in [-0.25, -0.2) is 9.80 Å². The van der Waals surface area contributed by atoms with Crippen molar-refractivity contribution >= 4 is 22.5 Å². The molecule has 1 N–H and O–H groups in total. The monoisotopic (exact) mass is 480 g/mol. The number of para-hydroxylation sites is 1. The molecule has 0 aliphatic carbocycles. The molecule has 0 unspecified atom stereocenters. The average molecular weight is 481 g/mol. The van der Waals surface area contributed by atoms with Gasteiger partial charge in [0.25, 0.3) is 0 Å². The summed E-state index contributed by atoms with van der Waals surface area (Å²) < 4.78 is 17.2. The molecule has 2 aliphatic rings. The Kier molecular flexibility index (Phi) is 5.25. The highest BCUT2D eigenvalue weighted by Crippen LogP contribution is 2.49. The van der Waals surface area contributed by atoms with Gasteiger partial charge in [-0.15, -0.1) is 0 Å². The molecule has 4 aromatic rings. The number of hydrazone groups is 1. The highest BCUT2D eigenvalue weighted by Gasteiger charge is 2.43. The quantitative estimate of drug-likeness (QED) is 0.389. The number of fused-ring (bicyclic) bond motifs is 4. The molecule has 7 heteroatoms. The lowest BCUT2D eigenvalue weighted by Gasteiger charge is -2.38. The second-order valence-electron chi connectivity index (χ2n) is 8.79. The van der Waals surface area contributed by atoms with E-state index < -0.39 is 12.2 Å². The number of carboxylic acids is 1. The number of hydrogen-bond acceptors (Lipinski definition) is 6. The molecule has 2 heterocycles. The summed E-state index contributed by atoms with van der Waals surface area (Å²) in [5.41, 5.74) is 3.42. The molecular weight excluding hydrogens is 456 g/mol. The first-order chi connectivity index (χ1) is 17.6. The summed E-state index contributed by atoms with van der Waals surface area (Å²) in [6, 6.07) is 25.7. The minimum atomic E-state index is -1.13. The van der Waals surface area contributed by atoms with Gasteiger partial charge in [0.15, 0.2) is 11.5 Å². The summed E-state index contributed by atoms with van der Waals surface area (Å²) in [4.78, 5) is 12.4. The zero-order valence-electron chi connectivity index (χ0n) is 19.8. The van der Waals surface area contributed by atoms with E-state index in [1.165, 1.54) is 19.6 Å². The minimum absolute atomic E-state index is 0.00524. The SMILES string of the molecule is COc1ccc([C@@H]2Oc3ccccc3[C@H]3CC(c4ccc5ccccc5c4)=NN32)c(C(=O)O)c1OC. The standard InChI is InChI=1S/C29H24N2O5/c1-34-25-14-13-21(26(29(32)33)27(25)35-2)28-31-23(20-9-5-6-10-24(20)36-28)16-22(30-31)19-12-11-17-7-3-4-8-18(17)15-19/h3-15,23,28H,16H2,1-2H3,(H,32,33)/t23-,28+/m1/s1. The van der Waals surface area contributed by atoms with E-state index in [1.54, 1.807) is 12.1 Å². The van der Waals surface area contributed by atoms with Crippen molar-refractivity contribution in [1.82, 2.24) is 5.01 Å². The summed E-state index contributed by atoms with van der Waals surface area (Å²) in [6.45, 7) is 0. The van der Waals surface area contributed by atoms with Crippen LogP contribution in [0, 0.1) is 0 Å². The van der Waals surface area contributed by atoms with Gasteiger partial charge >= 0.3 is 5.97 Å². The smallest absolute Gasteiger partial charge is 0.340 e. The minimum Gasteiger partial charge on any atom is -0.493 e. The van der Waals surface area contributed by atoms with Crippen LogP contribution in [0.5, 0.6) is 17.2 Å². The molecule has 0 amide bonds. The van der Waals surface area contributed by atoms with Crippen LogP contribution in [0.4, 0.5) is 0 Å². The van der Waals surface area contributed by atoms with Crippen molar-refractivity contribution in [1.29, 1.82) is 0 Å². The van der Waals surface area contributed by atoms with Crippen LogP contribution in [0.15, 0.2) is 84.0 Å². The maximum atomic E-state index is 12.4. The number of carbonyl (C=O) groups is 1. The fourth-order valence-electron chi connectivity index (χ4n) is 5.15. The van der Waals surface area contributed by atoms with E-state index in [0.717, 1.165) is 22.2 Å². The Balaban J connectivity index is 1.50. The van der Waals surface area contributed by atoms with E-state index in [9.17, 15) is 9.90 Å². The molecule has 0 radical (unpaired) electrons. The summed E-state index contributed by atoms with van der Waals surface area (Å²) in [6.07, 6.45) is -0.0842. The van der Waals surface area contributed by atoms with Crippen LogP contribution in [-0.4, -0.2) is 36.0 Å². The molecule has 0 aromatic heterocycles. The molecule has 180 valence electrons. The maximum absolute atomic E-state index is 12.4. The summed E-state index contributed by atoms with van der Waals surface area (Å²) >= 11 is 0. The van der Waals surface area contributed by atoms with Crippen molar-refractivity contribution in [2.45, 2.75) is 18.7 Å². The van der Waals surface area contributed by atoms with Gasteiger partial charge < -0.3 is 19.3 Å². The number of carboxylic acid groups (broad SMARTS) is 1. The van der Waals surface area contributed by atoms with E-state index >= 15 is 0 Å². The summed E-state index contributed by atoms with van der Waals surface area (Å²) in [5.74, 6) is 0.0788. The van der Waals surface area contributed by atoms with E-state index in [2.05, 4.69) is 30.3 Å². The Hall–Kier alpha value is -4.52. The first-order valence-electron chi connectivity index (χ1n) is 11.7. The van der Waals surface area contributed by atoms with Gasteiger partial charge in [-0.2, -0.15) is 5.10 Å². The Morgan fingerprint density at radius 2 is 1.72 bits per heavy atom. The third-order valence-corrected chi connectivity index (χ3v) is 6.84. The van der Waals surface area contributed by atoms with Crippen LogP contribution < -0.4 is 14.2 Å². The van der Waals surface area contributed by atoms with E-state index in [0.29, 0.717) is 23.5 Å². The molecule has 36 heavy (non-hydrogen) atoms. The van der Waals surface area contributed by atoms with Gasteiger partial charge in [0, 0.05) is 17.5 Å². The van der Waals surface area contributed by atoms with E-state index in [-0.39, 0.29) is 17.4 Å². The lowest BCUT2D eigenvalue weighted by Crippen LogP contribution is -2.34. The number of aromatic carboxylic acids is 1. The predicted octanol–water partition coefficient (Wildman–Crippen LogP) is 5.80. The van der Waals surface area contributed by atoms with Crippen LogP contribution in [0.1, 0.15) is 45.7 Å². The molecule has 0 spiro atoms. The molecule has 2 aliphatic heterocycles. The lowest BCUT2D eigenvalue weighted by molar-refractivity contribution is -0.0199. The van der Waals surface area contributed by atoms with Gasteiger partial charge in [0.2, 0.25) is 6.23 Å². The summed E-state index contributed by atoms with van der Waals surface area (Å²) in [5, 5.41) is 19.3. The Morgan fingerprint density at radius 1 is 0.944 bits per heavy atom. The van der Waals surface area contributed by atoms with Gasteiger partial charge in [-0.05, 0) is 40.6 Å². The molecular formula is C29H24N2O5. The Bertz CT molecular complexity index is 1530. The van der Waals surface area contributed by atoms with Crippen molar-refractivity contribution in [3.8, 4) is 17.2 Å². The molecule has 0 bridgehead atoms. The van der Waals surface area contributed by atoms with Crippen LogP contribution in [0.25, 0.3) is 10.8 Å². The van der Waals surface area contributed by atoms with Crippen LogP contribution in [-0.2, 0) is 0 Å². The van der Waals surface area contributed by atoms with Gasteiger partial charge in [-0.3, -0.25) is 0 Å². The number of hydrogen-bond donors (Lipinski definition) is 1. The fourth-order valence-corrected chi connectivity index (χ4v) is 5.15. The van der Waals surface area contributed by atoms with Gasteiger partial charge in [0.05, 0.1) is 26.0 Å². The van der Waals surface area contributed by atoms with Crippen molar-refractivity contribution in [2.75, 3.05) is 14.2 Å². The molecule has 2 atom stereocenters. The number of nitrogens with zero attached hydrogens (tertiary/aromatic N) is 2. The first kappa shape index (κ1) is 22.0. The number of ether oxygens (including phenoxy) is 3. The topological polar surface area (TPSA) is 80.6 Å². The third-order valence-electron chi connectivity index (χ3n) is 6.84. The zero-order valence-corrected chi connectivity index (χ0v) is 19.8. The second-order valence-corrected chi connectivity index (χ2v) is 8.79. The highest BCUT2D eigenvalue weighted by molar-refractivity contribution is 6.04. The van der Waals surface area contributed by atoms with Crippen molar-refractivity contribution in [2.24, 2.45) is 5.10 Å². The highest BCUT2D eigenvalue weighted by atomic mass is 16.5. The van der Waals surface area contributed by atoms with E-state index in [1.807, 2.05) is 41.4 Å². The Labute approximate surface area is 208 Å². The molecule has 0 saturated carbocycles. The third kappa shape index (κ3) is 3.43. The largest absolute Gasteiger partial charge is 0.493 e. The molecule has 7 nitrogen and oxygen atoms in total. The van der Waals surface area contributed by atoms with Crippen LogP contribution in [0.3, 0.4) is 0 Å². The lowest BCUT2D eigenvalue weighted by atomic mass is 9.94. The molecule has 6 rings (SSSR count). The molecule has 4 aromatic carbocycles. The van der Waals surface area contributed by atoms with Crippen molar-refractivity contribution < 1.29 is 24.1 Å².